The van der Waals surface area contributed by atoms with Crippen LogP contribution in [0.5, 0.6) is 5.75 Å². The third kappa shape index (κ3) is 4.55. The Hall–Kier alpha value is -1.39. The van der Waals surface area contributed by atoms with Crippen LogP contribution in [0.15, 0.2) is 40.9 Å². The standard InChI is InChI=1S/C17H19BrFNO/c1-12-9-15(19)4-3-13(12)7-8-20-11-14-10-16(21-2)5-6-17(14)18/h3-6,9-10,20H,7-8,11H2,1-2H3. The highest BCUT2D eigenvalue weighted by Crippen LogP contribution is 2.22. The van der Waals surface area contributed by atoms with Crippen molar-refractivity contribution >= 4 is 15.9 Å². The minimum Gasteiger partial charge on any atom is -0.497 e. The molecule has 0 aliphatic rings. The van der Waals surface area contributed by atoms with Gasteiger partial charge in [-0.1, -0.05) is 22.0 Å². The van der Waals surface area contributed by atoms with Gasteiger partial charge in [0.1, 0.15) is 11.6 Å². The van der Waals surface area contributed by atoms with Crippen LogP contribution in [-0.2, 0) is 13.0 Å². The quantitative estimate of drug-likeness (QED) is 0.786. The highest BCUT2D eigenvalue weighted by atomic mass is 79.9. The maximum Gasteiger partial charge on any atom is 0.123 e. The number of hydrogen-bond acceptors (Lipinski definition) is 2. The van der Waals surface area contributed by atoms with E-state index in [1.807, 2.05) is 31.2 Å². The number of methoxy groups -OCH3 is 1. The van der Waals surface area contributed by atoms with Gasteiger partial charge in [-0.05, 0) is 66.9 Å². The summed E-state index contributed by atoms with van der Waals surface area (Å²) in [5.41, 5.74) is 3.33. The summed E-state index contributed by atoms with van der Waals surface area (Å²) in [5.74, 6) is 0.675. The smallest absolute Gasteiger partial charge is 0.123 e. The number of ether oxygens (including phenoxy) is 1. The van der Waals surface area contributed by atoms with E-state index in [2.05, 4.69) is 21.2 Å². The zero-order valence-corrected chi connectivity index (χ0v) is 13.8. The molecular weight excluding hydrogens is 333 g/mol. The van der Waals surface area contributed by atoms with Crippen LogP contribution in [0.2, 0.25) is 0 Å². The van der Waals surface area contributed by atoms with Crippen LogP contribution >= 0.6 is 15.9 Å². The molecule has 4 heteroatoms. The first kappa shape index (κ1) is 16.0. The zero-order valence-electron chi connectivity index (χ0n) is 12.2. The van der Waals surface area contributed by atoms with Gasteiger partial charge in [0.25, 0.3) is 0 Å². The molecule has 0 atom stereocenters. The van der Waals surface area contributed by atoms with Crippen LogP contribution in [0, 0.1) is 12.7 Å². The van der Waals surface area contributed by atoms with E-state index in [1.165, 1.54) is 11.6 Å². The molecule has 0 spiro atoms. The molecule has 0 heterocycles. The summed E-state index contributed by atoms with van der Waals surface area (Å²) in [6.07, 6.45) is 0.883. The molecule has 112 valence electrons. The largest absolute Gasteiger partial charge is 0.497 e. The number of rotatable bonds is 6. The molecule has 1 N–H and O–H groups in total. The lowest BCUT2D eigenvalue weighted by Crippen LogP contribution is -2.17. The van der Waals surface area contributed by atoms with Crippen LogP contribution in [0.4, 0.5) is 4.39 Å². The molecular formula is C17H19BrFNO. The minimum atomic E-state index is -0.176. The lowest BCUT2D eigenvalue weighted by molar-refractivity contribution is 0.414. The summed E-state index contributed by atoms with van der Waals surface area (Å²) in [7, 11) is 1.66. The number of nitrogens with one attached hydrogen (secondary N) is 1. The van der Waals surface area contributed by atoms with Gasteiger partial charge in [0.05, 0.1) is 7.11 Å². The third-order valence-electron chi connectivity index (χ3n) is 3.44. The zero-order chi connectivity index (χ0) is 15.2. The average Bonchev–Trinajstić information content (AvgIpc) is 2.47. The topological polar surface area (TPSA) is 21.3 Å². The summed E-state index contributed by atoms with van der Waals surface area (Å²) in [6.45, 7) is 3.55. The third-order valence-corrected chi connectivity index (χ3v) is 4.22. The van der Waals surface area contributed by atoms with E-state index in [0.717, 1.165) is 40.9 Å². The first-order valence-electron chi connectivity index (χ1n) is 6.88. The van der Waals surface area contributed by atoms with E-state index in [0.29, 0.717) is 0 Å². The van der Waals surface area contributed by atoms with Crippen molar-refractivity contribution in [3.8, 4) is 5.75 Å². The molecule has 0 saturated carbocycles. The first-order valence-corrected chi connectivity index (χ1v) is 7.67. The SMILES string of the molecule is COc1ccc(Br)c(CNCCc2ccc(F)cc2C)c1. The Morgan fingerprint density at radius 3 is 2.67 bits per heavy atom. The number of aryl methyl sites for hydroxylation is 1. The van der Waals surface area contributed by atoms with E-state index in [1.54, 1.807) is 13.2 Å². The van der Waals surface area contributed by atoms with Crippen LogP contribution in [0.1, 0.15) is 16.7 Å². The van der Waals surface area contributed by atoms with Gasteiger partial charge < -0.3 is 10.1 Å². The molecule has 0 aliphatic heterocycles. The molecule has 2 rings (SSSR count). The monoisotopic (exact) mass is 351 g/mol. The van der Waals surface area contributed by atoms with Crippen molar-refractivity contribution < 1.29 is 9.13 Å². The van der Waals surface area contributed by atoms with E-state index < -0.39 is 0 Å². The first-order chi connectivity index (χ1) is 10.1. The summed E-state index contributed by atoms with van der Waals surface area (Å²) < 4.78 is 19.3. The van der Waals surface area contributed by atoms with E-state index in [9.17, 15) is 4.39 Å². The molecule has 0 saturated heterocycles. The van der Waals surface area contributed by atoms with Gasteiger partial charge in [0, 0.05) is 11.0 Å². The van der Waals surface area contributed by atoms with Gasteiger partial charge in [-0.3, -0.25) is 0 Å². The van der Waals surface area contributed by atoms with Gasteiger partial charge in [0.15, 0.2) is 0 Å². The van der Waals surface area contributed by atoms with Gasteiger partial charge in [-0.15, -0.1) is 0 Å². The molecule has 2 aromatic carbocycles. The Morgan fingerprint density at radius 2 is 1.95 bits per heavy atom. The second-order valence-corrected chi connectivity index (χ2v) is 5.81. The fourth-order valence-corrected chi connectivity index (χ4v) is 2.59. The lowest BCUT2D eigenvalue weighted by Gasteiger charge is -2.10. The predicted molar refractivity (Wildman–Crippen MR) is 87.2 cm³/mol. The summed E-state index contributed by atoms with van der Waals surface area (Å²) in [6, 6.07) is 10.9. The molecule has 2 aromatic rings. The molecule has 0 aromatic heterocycles. The second kappa shape index (κ2) is 7.57. The van der Waals surface area contributed by atoms with Crippen molar-refractivity contribution in [3.05, 3.63) is 63.4 Å². The summed E-state index contributed by atoms with van der Waals surface area (Å²) in [5, 5.41) is 3.40. The predicted octanol–water partition coefficient (Wildman–Crippen LogP) is 4.24. The Balaban J connectivity index is 1.87. The van der Waals surface area contributed by atoms with Crippen molar-refractivity contribution in [1.82, 2.24) is 5.32 Å². The van der Waals surface area contributed by atoms with Crippen LogP contribution in [0.25, 0.3) is 0 Å². The molecule has 0 radical (unpaired) electrons. The van der Waals surface area contributed by atoms with Crippen LogP contribution in [-0.4, -0.2) is 13.7 Å². The molecule has 2 nitrogen and oxygen atoms in total. The Bertz CT molecular complexity index is 616. The molecule has 0 amide bonds. The highest BCUT2D eigenvalue weighted by molar-refractivity contribution is 9.10. The normalized spacial score (nSPS) is 10.7. The fourth-order valence-electron chi connectivity index (χ4n) is 2.20. The van der Waals surface area contributed by atoms with Crippen molar-refractivity contribution in [1.29, 1.82) is 0 Å². The second-order valence-electron chi connectivity index (χ2n) is 4.95. The number of hydrogen-bond donors (Lipinski definition) is 1. The van der Waals surface area contributed by atoms with E-state index in [4.69, 9.17) is 4.74 Å². The van der Waals surface area contributed by atoms with Gasteiger partial charge in [-0.2, -0.15) is 0 Å². The Morgan fingerprint density at radius 1 is 1.14 bits per heavy atom. The molecule has 0 aliphatic carbocycles. The van der Waals surface area contributed by atoms with Gasteiger partial charge in [0.2, 0.25) is 0 Å². The summed E-state index contributed by atoms with van der Waals surface area (Å²) in [4.78, 5) is 0. The van der Waals surface area contributed by atoms with E-state index >= 15 is 0 Å². The minimum absolute atomic E-state index is 0.176. The maximum atomic E-state index is 13.0. The highest BCUT2D eigenvalue weighted by Gasteiger charge is 2.03. The molecule has 21 heavy (non-hydrogen) atoms. The fraction of sp³-hybridized carbons (Fsp3) is 0.294. The average molecular weight is 352 g/mol. The molecule has 0 unspecified atom stereocenters. The van der Waals surface area contributed by atoms with Gasteiger partial charge in [-0.25, -0.2) is 4.39 Å². The maximum absolute atomic E-state index is 13.0. The van der Waals surface area contributed by atoms with Gasteiger partial charge >= 0.3 is 0 Å². The Kier molecular flexibility index (Phi) is 5.76. The number of halogens is 2. The van der Waals surface area contributed by atoms with Crippen molar-refractivity contribution in [2.75, 3.05) is 13.7 Å². The Labute approximate surface area is 133 Å². The molecule has 0 fully saturated rings. The number of benzene rings is 2. The van der Waals surface area contributed by atoms with Crippen molar-refractivity contribution in [2.24, 2.45) is 0 Å². The van der Waals surface area contributed by atoms with Crippen LogP contribution < -0.4 is 10.1 Å². The van der Waals surface area contributed by atoms with E-state index in [-0.39, 0.29) is 5.82 Å². The summed E-state index contributed by atoms with van der Waals surface area (Å²) >= 11 is 3.54. The van der Waals surface area contributed by atoms with Crippen molar-refractivity contribution in [3.63, 3.8) is 0 Å². The lowest BCUT2D eigenvalue weighted by atomic mass is 10.1. The molecule has 0 bridgehead atoms. The van der Waals surface area contributed by atoms with Crippen LogP contribution in [0.3, 0.4) is 0 Å². The van der Waals surface area contributed by atoms with Crippen molar-refractivity contribution in [2.45, 2.75) is 19.9 Å².